The molecule has 96 valence electrons. The molecule has 1 rings (SSSR count). The highest BCUT2D eigenvalue weighted by Crippen LogP contribution is 2.18. The lowest BCUT2D eigenvalue weighted by molar-refractivity contribution is 0.615. The minimum Gasteiger partial charge on any atom is -0.353 e. The molecule has 0 aliphatic heterocycles. The SMILES string of the molecule is CCCCCN(c1nccnc1CN)C(C)C. The highest BCUT2D eigenvalue weighted by Gasteiger charge is 2.15. The Balaban J connectivity index is 2.81. The summed E-state index contributed by atoms with van der Waals surface area (Å²) in [5.41, 5.74) is 6.60. The zero-order valence-corrected chi connectivity index (χ0v) is 11.2. The lowest BCUT2D eigenvalue weighted by Gasteiger charge is -2.29. The summed E-state index contributed by atoms with van der Waals surface area (Å²) < 4.78 is 0. The summed E-state index contributed by atoms with van der Waals surface area (Å²) in [5.74, 6) is 0.945. The van der Waals surface area contributed by atoms with Gasteiger partial charge in [-0.1, -0.05) is 19.8 Å². The molecule has 0 aliphatic carbocycles. The molecule has 0 spiro atoms. The van der Waals surface area contributed by atoms with Crippen LogP contribution in [0.2, 0.25) is 0 Å². The first kappa shape index (κ1) is 13.9. The number of hydrogen-bond acceptors (Lipinski definition) is 4. The number of aromatic nitrogens is 2. The van der Waals surface area contributed by atoms with Crippen LogP contribution in [0.15, 0.2) is 12.4 Å². The van der Waals surface area contributed by atoms with E-state index in [0.29, 0.717) is 12.6 Å². The molecule has 1 aromatic rings. The Hall–Kier alpha value is -1.16. The third kappa shape index (κ3) is 3.97. The van der Waals surface area contributed by atoms with Crippen LogP contribution in [0, 0.1) is 0 Å². The van der Waals surface area contributed by atoms with Crippen molar-refractivity contribution in [1.29, 1.82) is 0 Å². The summed E-state index contributed by atoms with van der Waals surface area (Å²) in [5, 5.41) is 0. The molecule has 0 bridgehead atoms. The summed E-state index contributed by atoms with van der Waals surface area (Å²) in [6.07, 6.45) is 7.12. The second-order valence-electron chi connectivity index (χ2n) is 4.53. The first-order valence-electron chi connectivity index (χ1n) is 6.47. The molecule has 17 heavy (non-hydrogen) atoms. The molecular formula is C13H24N4. The first-order chi connectivity index (χ1) is 8.20. The molecule has 2 N–H and O–H groups in total. The summed E-state index contributed by atoms with van der Waals surface area (Å²) in [6.45, 7) is 8.05. The highest BCUT2D eigenvalue weighted by atomic mass is 15.2. The molecule has 4 heteroatoms. The molecular weight excluding hydrogens is 212 g/mol. The number of nitrogens with two attached hydrogens (primary N) is 1. The number of rotatable bonds is 7. The smallest absolute Gasteiger partial charge is 0.151 e. The maximum absolute atomic E-state index is 5.71. The van der Waals surface area contributed by atoms with E-state index in [2.05, 4.69) is 35.6 Å². The van der Waals surface area contributed by atoms with E-state index >= 15 is 0 Å². The monoisotopic (exact) mass is 236 g/mol. The zero-order chi connectivity index (χ0) is 12.7. The fourth-order valence-electron chi connectivity index (χ4n) is 1.88. The van der Waals surface area contributed by atoms with E-state index in [4.69, 9.17) is 5.73 Å². The molecule has 1 heterocycles. The molecule has 0 atom stereocenters. The van der Waals surface area contributed by atoms with E-state index in [0.717, 1.165) is 18.1 Å². The fraction of sp³-hybridized carbons (Fsp3) is 0.692. The van der Waals surface area contributed by atoms with Gasteiger partial charge in [0.1, 0.15) is 0 Å². The predicted molar refractivity (Wildman–Crippen MR) is 71.9 cm³/mol. The third-order valence-electron chi connectivity index (χ3n) is 2.84. The largest absolute Gasteiger partial charge is 0.353 e. The molecule has 4 nitrogen and oxygen atoms in total. The third-order valence-corrected chi connectivity index (χ3v) is 2.84. The lowest BCUT2D eigenvalue weighted by atomic mass is 10.2. The number of hydrogen-bond donors (Lipinski definition) is 1. The topological polar surface area (TPSA) is 55.0 Å². The first-order valence-corrected chi connectivity index (χ1v) is 6.47. The van der Waals surface area contributed by atoms with Gasteiger partial charge < -0.3 is 10.6 Å². The Morgan fingerprint density at radius 3 is 2.53 bits per heavy atom. The van der Waals surface area contributed by atoms with Gasteiger partial charge in [-0.05, 0) is 20.3 Å². The van der Waals surface area contributed by atoms with Crippen molar-refractivity contribution in [3.8, 4) is 0 Å². The van der Waals surface area contributed by atoms with Gasteiger partial charge in [0.2, 0.25) is 0 Å². The molecule has 1 aromatic heterocycles. The van der Waals surface area contributed by atoms with Crippen molar-refractivity contribution in [2.24, 2.45) is 5.73 Å². The van der Waals surface area contributed by atoms with Crippen LogP contribution in [0.25, 0.3) is 0 Å². The van der Waals surface area contributed by atoms with Crippen molar-refractivity contribution in [1.82, 2.24) is 9.97 Å². The van der Waals surface area contributed by atoms with Crippen molar-refractivity contribution in [2.45, 2.75) is 52.6 Å². The van der Waals surface area contributed by atoms with E-state index in [1.807, 2.05) is 0 Å². The van der Waals surface area contributed by atoms with E-state index in [-0.39, 0.29) is 0 Å². The summed E-state index contributed by atoms with van der Waals surface area (Å²) in [7, 11) is 0. The van der Waals surface area contributed by atoms with Crippen LogP contribution in [0.5, 0.6) is 0 Å². The van der Waals surface area contributed by atoms with Gasteiger partial charge in [-0.3, -0.25) is 4.98 Å². The normalized spacial score (nSPS) is 10.9. The van der Waals surface area contributed by atoms with Gasteiger partial charge in [-0.25, -0.2) is 4.98 Å². The van der Waals surface area contributed by atoms with Crippen molar-refractivity contribution < 1.29 is 0 Å². The predicted octanol–water partition coefficient (Wildman–Crippen LogP) is 2.34. The fourth-order valence-corrected chi connectivity index (χ4v) is 1.88. The van der Waals surface area contributed by atoms with Crippen molar-refractivity contribution in [2.75, 3.05) is 11.4 Å². The van der Waals surface area contributed by atoms with Gasteiger partial charge in [0.15, 0.2) is 5.82 Å². The standard InChI is InChI=1S/C13H24N4/c1-4-5-6-9-17(11(2)3)13-12(10-14)15-7-8-16-13/h7-8,11H,4-6,9-10,14H2,1-3H3. The van der Waals surface area contributed by atoms with Gasteiger partial charge in [-0.2, -0.15) is 0 Å². The van der Waals surface area contributed by atoms with Crippen LogP contribution in [0.3, 0.4) is 0 Å². The van der Waals surface area contributed by atoms with Crippen LogP contribution in [0.4, 0.5) is 5.82 Å². The van der Waals surface area contributed by atoms with Crippen molar-refractivity contribution in [3.63, 3.8) is 0 Å². The number of unbranched alkanes of at least 4 members (excludes halogenated alkanes) is 2. The van der Waals surface area contributed by atoms with Gasteiger partial charge in [0.05, 0.1) is 5.69 Å². The molecule has 0 aliphatic rings. The Bertz CT molecular complexity index is 325. The molecule has 0 radical (unpaired) electrons. The Morgan fingerprint density at radius 2 is 1.94 bits per heavy atom. The number of nitrogens with zero attached hydrogens (tertiary/aromatic N) is 3. The van der Waals surface area contributed by atoms with Gasteiger partial charge in [0.25, 0.3) is 0 Å². The minimum atomic E-state index is 0.425. The Kier molecular flexibility index (Phi) is 5.91. The summed E-state index contributed by atoms with van der Waals surface area (Å²) in [6, 6.07) is 0.425. The van der Waals surface area contributed by atoms with Crippen LogP contribution < -0.4 is 10.6 Å². The van der Waals surface area contributed by atoms with E-state index in [1.165, 1.54) is 19.3 Å². The van der Waals surface area contributed by atoms with Crippen molar-refractivity contribution in [3.05, 3.63) is 18.1 Å². The maximum atomic E-state index is 5.71. The summed E-state index contributed by atoms with van der Waals surface area (Å²) >= 11 is 0. The van der Waals surface area contributed by atoms with Crippen LogP contribution in [0.1, 0.15) is 45.7 Å². The average Bonchev–Trinajstić information content (AvgIpc) is 2.34. The van der Waals surface area contributed by atoms with E-state index in [9.17, 15) is 0 Å². The Labute approximate surface area is 104 Å². The second kappa shape index (κ2) is 7.22. The average molecular weight is 236 g/mol. The molecule has 0 amide bonds. The minimum absolute atomic E-state index is 0.425. The van der Waals surface area contributed by atoms with Gasteiger partial charge >= 0.3 is 0 Å². The second-order valence-corrected chi connectivity index (χ2v) is 4.53. The lowest BCUT2D eigenvalue weighted by Crippen LogP contribution is -2.34. The quantitative estimate of drug-likeness (QED) is 0.738. The highest BCUT2D eigenvalue weighted by molar-refractivity contribution is 5.43. The van der Waals surface area contributed by atoms with E-state index in [1.54, 1.807) is 12.4 Å². The van der Waals surface area contributed by atoms with Crippen LogP contribution in [-0.2, 0) is 6.54 Å². The number of anilines is 1. The van der Waals surface area contributed by atoms with Gasteiger partial charge in [0, 0.05) is 31.5 Å². The van der Waals surface area contributed by atoms with Crippen LogP contribution in [-0.4, -0.2) is 22.6 Å². The molecule has 0 fully saturated rings. The maximum Gasteiger partial charge on any atom is 0.151 e. The zero-order valence-electron chi connectivity index (χ0n) is 11.2. The summed E-state index contributed by atoms with van der Waals surface area (Å²) in [4.78, 5) is 11.0. The molecule has 0 saturated carbocycles. The Morgan fingerprint density at radius 1 is 1.24 bits per heavy atom. The van der Waals surface area contributed by atoms with Crippen LogP contribution >= 0.6 is 0 Å². The van der Waals surface area contributed by atoms with Gasteiger partial charge in [-0.15, -0.1) is 0 Å². The molecule has 0 unspecified atom stereocenters. The molecule has 0 aromatic carbocycles. The molecule has 0 saturated heterocycles. The van der Waals surface area contributed by atoms with E-state index < -0.39 is 0 Å². The van der Waals surface area contributed by atoms with Crippen molar-refractivity contribution >= 4 is 5.82 Å².